The lowest BCUT2D eigenvalue weighted by atomic mass is 9.76. The Morgan fingerprint density at radius 3 is 2.56 bits per heavy atom. The molecular formula is C14H16ClFO2. The summed E-state index contributed by atoms with van der Waals surface area (Å²) < 4.78 is 13.9. The highest BCUT2D eigenvalue weighted by Gasteiger charge is 2.34. The predicted octanol–water partition coefficient (Wildman–Crippen LogP) is 4.23. The van der Waals surface area contributed by atoms with Gasteiger partial charge in [0.15, 0.2) is 0 Å². The Balaban J connectivity index is 2.37. The van der Waals surface area contributed by atoms with Crippen LogP contribution in [0.1, 0.15) is 43.6 Å². The van der Waals surface area contributed by atoms with Crippen LogP contribution in [0.15, 0.2) is 18.2 Å². The topological polar surface area (TPSA) is 37.3 Å². The maximum Gasteiger partial charge on any atom is 0.311 e. The number of hydrogen-bond acceptors (Lipinski definition) is 1. The van der Waals surface area contributed by atoms with Crippen molar-refractivity contribution in [1.82, 2.24) is 0 Å². The van der Waals surface area contributed by atoms with E-state index in [1.807, 2.05) is 0 Å². The second-order valence-electron chi connectivity index (χ2n) is 4.85. The van der Waals surface area contributed by atoms with Gasteiger partial charge in [0.2, 0.25) is 0 Å². The fraction of sp³-hybridized carbons (Fsp3) is 0.500. The van der Waals surface area contributed by atoms with Crippen LogP contribution in [0.2, 0.25) is 5.02 Å². The molecule has 1 N–H and O–H groups in total. The number of rotatable bonds is 3. The lowest BCUT2D eigenvalue weighted by Crippen LogP contribution is -2.25. The normalized spacial score (nSPS) is 18.6. The molecule has 1 atom stereocenters. The van der Waals surface area contributed by atoms with Crippen molar-refractivity contribution in [3.05, 3.63) is 34.6 Å². The van der Waals surface area contributed by atoms with Crippen LogP contribution in [0.5, 0.6) is 0 Å². The minimum atomic E-state index is -0.978. The van der Waals surface area contributed by atoms with E-state index in [2.05, 4.69) is 0 Å². The van der Waals surface area contributed by atoms with E-state index in [1.165, 1.54) is 12.1 Å². The van der Waals surface area contributed by atoms with Crippen LogP contribution in [-0.4, -0.2) is 11.1 Å². The van der Waals surface area contributed by atoms with Crippen LogP contribution in [0.3, 0.4) is 0 Å². The first-order chi connectivity index (χ1) is 8.61. The molecule has 4 heteroatoms. The third kappa shape index (κ3) is 2.66. The van der Waals surface area contributed by atoms with Crippen molar-refractivity contribution in [2.75, 3.05) is 0 Å². The molecule has 0 amide bonds. The van der Waals surface area contributed by atoms with Gasteiger partial charge in [-0.2, -0.15) is 0 Å². The van der Waals surface area contributed by atoms with Gasteiger partial charge in [-0.25, -0.2) is 4.39 Å². The first kappa shape index (κ1) is 13.3. The lowest BCUT2D eigenvalue weighted by Gasteiger charge is -2.28. The van der Waals surface area contributed by atoms with Gasteiger partial charge in [0, 0.05) is 10.6 Å². The average Bonchev–Trinajstić information content (AvgIpc) is 2.34. The van der Waals surface area contributed by atoms with Crippen LogP contribution < -0.4 is 0 Å². The number of carbonyl (C=O) groups is 1. The van der Waals surface area contributed by atoms with Crippen molar-refractivity contribution in [1.29, 1.82) is 0 Å². The van der Waals surface area contributed by atoms with E-state index in [0.717, 1.165) is 32.1 Å². The molecule has 0 saturated heterocycles. The molecule has 1 aromatic carbocycles. The molecule has 1 aliphatic rings. The number of carboxylic acid groups (broad SMARTS) is 1. The second kappa shape index (κ2) is 5.70. The summed E-state index contributed by atoms with van der Waals surface area (Å²) in [5.74, 6) is -2.32. The van der Waals surface area contributed by atoms with Crippen LogP contribution in [0.4, 0.5) is 4.39 Å². The fourth-order valence-corrected chi connectivity index (χ4v) is 3.12. The van der Waals surface area contributed by atoms with E-state index in [-0.39, 0.29) is 16.5 Å². The summed E-state index contributed by atoms with van der Waals surface area (Å²) >= 11 is 5.98. The monoisotopic (exact) mass is 270 g/mol. The third-order valence-corrected chi connectivity index (χ3v) is 4.03. The molecule has 18 heavy (non-hydrogen) atoms. The molecular weight excluding hydrogens is 255 g/mol. The molecule has 2 rings (SSSR count). The van der Waals surface area contributed by atoms with E-state index in [1.54, 1.807) is 6.07 Å². The third-order valence-electron chi connectivity index (χ3n) is 3.70. The summed E-state index contributed by atoms with van der Waals surface area (Å²) in [6, 6.07) is 4.33. The lowest BCUT2D eigenvalue weighted by molar-refractivity contribution is -0.140. The van der Waals surface area contributed by atoms with Crippen LogP contribution in [0.25, 0.3) is 0 Å². The minimum Gasteiger partial charge on any atom is -0.481 e. The van der Waals surface area contributed by atoms with Gasteiger partial charge < -0.3 is 5.11 Å². The van der Waals surface area contributed by atoms with Gasteiger partial charge in [-0.1, -0.05) is 36.9 Å². The van der Waals surface area contributed by atoms with E-state index in [4.69, 9.17) is 11.6 Å². The van der Waals surface area contributed by atoms with E-state index < -0.39 is 17.7 Å². The number of benzene rings is 1. The van der Waals surface area contributed by atoms with Crippen LogP contribution in [-0.2, 0) is 4.79 Å². The van der Waals surface area contributed by atoms with Crippen molar-refractivity contribution in [2.24, 2.45) is 5.92 Å². The summed E-state index contributed by atoms with van der Waals surface area (Å²) in [6.45, 7) is 0. The highest BCUT2D eigenvalue weighted by Crippen LogP contribution is 2.39. The molecule has 1 aliphatic carbocycles. The standard InChI is InChI=1S/C14H16ClFO2/c15-10-7-4-8-11(16)13(10)12(14(17)18)9-5-2-1-3-6-9/h4,7-9,12H,1-3,5-6H2,(H,17,18). The Labute approximate surface area is 111 Å². The van der Waals surface area contributed by atoms with Crippen molar-refractivity contribution in [2.45, 2.75) is 38.0 Å². The predicted molar refractivity (Wildman–Crippen MR) is 68.4 cm³/mol. The van der Waals surface area contributed by atoms with Gasteiger partial charge in [-0.15, -0.1) is 0 Å². The minimum absolute atomic E-state index is 0.00866. The zero-order chi connectivity index (χ0) is 13.1. The van der Waals surface area contributed by atoms with Gasteiger partial charge in [0.25, 0.3) is 0 Å². The molecule has 0 bridgehead atoms. The Morgan fingerprint density at radius 1 is 1.33 bits per heavy atom. The Bertz CT molecular complexity index is 421. The Morgan fingerprint density at radius 2 is 2.00 bits per heavy atom. The summed E-state index contributed by atoms with van der Waals surface area (Å²) in [7, 11) is 0. The molecule has 0 heterocycles. The molecule has 1 unspecified atom stereocenters. The fourth-order valence-electron chi connectivity index (χ4n) is 2.84. The van der Waals surface area contributed by atoms with Crippen LogP contribution >= 0.6 is 11.6 Å². The van der Waals surface area contributed by atoms with Crippen LogP contribution in [0, 0.1) is 11.7 Å². The Hall–Kier alpha value is -1.09. The first-order valence-electron chi connectivity index (χ1n) is 6.28. The quantitative estimate of drug-likeness (QED) is 0.892. The van der Waals surface area contributed by atoms with E-state index in [9.17, 15) is 14.3 Å². The average molecular weight is 271 g/mol. The van der Waals surface area contributed by atoms with E-state index >= 15 is 0 Å². The molecule has 98 valence electrons. The zero-order valence-electron chi connectivity index (χ0n) is 10.0. The summed E-state index contributed by atoms with van der Waals surface area (Å²) in [6.07, 6.45) is 4.83. The van der Waals surface area contributed by atoms with Crippen molar-refractivity contribution >= 4 is 17.6 Å². The second-order valence-corrected chi connectivity index (χ2v) is 5.26. The largest absolute Gasteiger partial charge is 0.481 e. The summed E-state index contributed by atoms with van der Waals surface area (Å²) in [4.78, 5) is 11.5. The number of hydrogen-bond donors (Lipinski definition) is 1. The maximum absolute atomic E-state index is 13.9. The van der Waals surface area contributed by atoms with Gasteiger partial charge in [-0.05, 0) is 30.9 Å². The molecule has 2 nitrogen and oxygen atoms in total. The molecule has 1 aromatic rings. The van der Waals surface area contributed by atoms with Gasteiger partial charge >= 0.3 is 5.97 Å². The summed E-state index contributed by atoms with van der Waals surface area (Å²) in [5.41, 5.74) is 0.151. The maximum atomic E-state index is 13.9. The molecule has 0 aliphatic heterocycles. The zero-order valence-corrected chi connectivity index (χ0v) is 10.8. The number of aliphatic carboxylic acids is 1. The van der Waals surface area contributed by atoms with Crippen molar-refractivity contribution in [3.63, 3.8) is 0 Å². The molecule has 0 spiro atoms. The SMILES string of the molecule is O=C(O)C(c1c(F)cccc1Cl)C1CCCCC1. The van der Waals surface area contributed by atoms with Gasteiger partial charge in [0.05, 0.1) is 5.92 Å². The highest BCUT2D eigenvalue weighted by atomic mass is 35.5. The molecule has 1 fully saturated rings. The van der Waals surface area contributed by atoms with Gasteiger partial charge in [-0.3, -0.25) is 4.79 Å². The number of carboxylic acids is 1. The first-order valence-corrected chi connectivity index (χ1v) is 6.65. The van der Waals surface area contributed by atoms with E-state index in [0.29, 0.717) is 0 Å². The van der Waals surface area contributed by atoms with Crippen molar-refractivity contribution in [3.8, 4) is 0 Å². The Kier molecular flexibility index (Phi) is 4.23. The molecule has 0 radical (unpaired) electrons. The van der Waals surface area contributed by atoms with Gasteiger partial charge in [0.1, 0.15) is 5.82 Å². The van der Waals surface area contributed by atoms with Crippen molar-refractivity contribution < 1.29 is 14.3 Å². The smallest absolute Gasteiger partial charge is 0.311 e. The summed E-state index contributed by atoms with van der Waals surface area (Å²) in [5, 5.41) is 9.62. The molecule has 1 saturated carbocycles. The number of halogens is 2. The molecule has 0 aromatic heterocycles. The highest BCUT2D eigenvalue weighted by molar-refractivity contribution is 6.31.